The maximum atomic E-state index is 9.49. The summed E-state index contributed by atoms with van der Waals surface area (Å²) in [5.74, 6) is 0. The van der Waals surface area contributed by atoms with Crippen molar-refractivity contribution in [2.45, 2.75) is 27.1 Å². The minimum Gasteiger partial charge on any atom is -0.353 e. The second kappa shape index (κ2) is 12.5. The van der Waals surface area contributed by atoms with Crippen LogP contribution in [0.25, 0.3) is 10.4 Å². The first kappa shape index (κ1) is 15.9. The molecule has 1 amide bonds. The lowest BCUT2D eigenvalue weighted by Crippen LogP contribution is -2.11. The molecule has 0 saturated heterocycles. The Morgan fingerprint density at radius 1 is 1.47 bits per heavy atom. The van der Waals surface area contributed by atoms with Gasteiger partial charge in [0.1, 0.15) is 5.28 Å². The minimum absolute atomic E-state index is 0.0370. The number of carbonyl (C=O) groups is 1. The first-order valence-electron chi connectivity index (χ1n) is 4.32. The highest BCUT2D eigenvalue weighted by Gasteiger charge is 1.94. The Bertz CT molecular complexity index is 199. The molecule has 0 atom stereocenters. The number of hydrogen-bond acceptors (Lipinski definition) is 5. The number of carbonyl (C=O) groups excluding carboxylic acids is 1. The molecule has 88 valence electrons. The van der Waals surface area contributed by atoms with E-state index in [9.17, 15) is 4.79 Å². The molecule has 8 nitrogen and oxygen atoms in total. The molecule has 0 aromatic heterocycles. The standard InChI is InChI=1S/C6H14O2.CH2N4O2/c1-4-7-6(3)8-5-2;2-1(6)7-5-4-3/h6H,4-5H2,1-3H3;(H2,2,6). The largest absolute Gasteiger partial charge is 0.416 e. The molecule has 0 saturated carbocycles. The van der Waals surface area contributed by atoms with E-state index in [2.05, 4.69) is 20.8 Å². The second-order valence-corrected chi connectivity index (χ2v) is 2.06. The Kier molecular flexibility index (Phi) is 13.3. The predicted octanol–water partition coefficient (Wildman–Crippen LogP) is 1.71. The van der Waals surface area contributed by atoms with Crippen LogP contribution in [0.4, 0.5) is 4.79 Å². The highest BCUT2D eigenvalue weighted by molar-refractivity contribution is 5.64. The van der Waals surface area contributed by atoms with E-state index in [1.165, 1.54) is 0 Å². The van der Waals surface area contributed by atoms with E-state index in [-0.39, 0.29) is 6.29 Å². The van der Waals surface area contributed by atoms with E-state index in [1.54, 1.807) is 0 Å². The molecule has 0 aromatic rings. The first-order valence-corrected chi connectivity index (χ1v) is 4.32. The SMILES string of the molecule is CCOC(C)OCC.[N-]=[N+]=NOC(N)=O. The summed E-state index contributed by atoms with van der Waals surface area (Å²) in [4.78, 5) is 15.1. The van der Waals surface area contributed by atoms with E-state index in [1.807, 2.05) is 20.8 Å². The molecule has 0 rings (SSSR count). The van der Waals surface area contributed by atoms with Crippen molar-refractivity contribution in [3.8, 4) is 0 Å². The Hall–Kier alpha value is -1.50. The van der Waals surface area contributed by atoms with Crippen LogP contribution in [-0.2, 0) is 14.3 Å². The van der Waals surface area contributed by atoms with Gasteiger partial charge in [-0.05, 0) is 26.3 Å². The fraction of sp³-hybridized carbons (Fsp3) is 0.857. The highest BCUT2D eigenvalue weighted by Crippen LogP contribution is 1.90. The number of ether oxygens (including phenoxy) is 2. The number of primary amides is 1. The van der Waals surface area contributed by atoms with Gasteiger partial charge in [0.15, 0.2) is 6.29 Å². The lowest BCUT2D eigenvalue weighted by atomic mass is 10.7. The van der Waals surface area contributed by atoms with Crippen LogP contribution in [0.2, 0.25) is 0 Å². The molecule has 0 aliphatic heterocycles. The molecule has 0 spiro atoms. The summed E-state index contributed by atoms with van der Waals surface area (Å²) in [6.45, 7) is 7.25. The molecular formula is C7H16N4O4. The third-order valence-corrected chi connectivity index (χ3v) is 0.970. The van der Waals surface area contributed by atoms with Gasteiger partial charge in [-0.1, -0.05) is 0 Å². The van der Waals surface area contributed by atoms with Gasteiger partial charge in [-0.3, -0.25) is 0 Å². The zero-order valence-electron chi connectivity index (χ0n) is 9.04. The number of amides is 1. The molecule has 0 aliphatic rings. The second-order valence-electron chi connectivity index (χ2n) is 2.06. The number of nitrogens with zero attached hydrogens (tertiary/aromatic N) is 3. The first-order chi connectivity index (χ1) is 7.08. The molecule has 0 aromatic carbocycles. The van der Waals surface area contributed by atoms with Crippen LogP contribution in [0, 0.1) is 0 Å². The van der Waals surface area contributed by atoms with Gasteiger partial charge < -0.3 is 20.0 Å². The van der Waals surface area contributed by atoms with Crippen molar-refractivity contribution in [1.29, 1.82) is 0 Å². The zero-order chi connectivity index (χ0) is 12.1. The zero-order valence-corrected chi connectivity index (χ0v) is 9.04. The lowest BCUT2D eigenvalue weighted by Gasteiger charge is -2.09. The van der Waals surface area contributed by atoms with E-state index in [0.717, 1.165) is 13.2 Å². The van der Waals surface area contributed by atoms with Crippen molar-refractivity contribution in [1.82, 2.24) is 0 Å². The van der Waals surface area contributed by atoms with E-state index >= 15 is 0 Å². The fourth-order valence-electron chi connectivity index (χ4n) is 0.576. The maximum Gasteiger partial charge on any atom is 0.416 e. The van der Waals surface area contributed by atoms with E-state index in [0.29, 0.717) is 0 Å². The molecule has 0 aliphatic carbocycles. The van der Waals surface area contributed by atoms with Crippen molar-refractivity contribution in [3.05, 3.63) is 10.4 Å². The monoisotopic (exact) mass is 220 g/mol. The van der Waals surface area contributed by atoms with E-state index < -0.39 is 6.09 Å². The number of azide groups is 1. The van der Waals surface area contributed by atoms with Crippen LogP contribution < -0.4 is 5.73 Å². The Labute approximate surface area is 87.9 Å². The summed E-state index contributed by atoms with van der Waals surface area (Å²) in [5, 5.41) is 2.38. The summed E-state index contributed by atoms with van der Waals surface area (Å²) in [6, 6.07) is 0. The van der Waals surface area contributed by atoms with Crippen molar-refractivity contribution in [3.63, 3.8) is 0 Å². The molecule has 15 heavy (non-hydrogen) atoms. The average Bonchev–Trinajstić information content (AvgIpc) is 2.16. The topological polar surface area (TPSA) is 120 Å². The number of rotatable bonds is 5. The normalized spacial score (nSPS) is 8.53. The fourth-order valence-corrected chi connectivity index (χ4v) is 0.576. The van der Waals surface area contributed by atoms with Gasteiger partial charge in [0.25, 0.3) is 0 Å². The van der Waals surface area contributed by atoms with Crippen LogP contribution in [0.5, 0.6) is 0 Å². The van der Waals surface area contributed by atoms with Gasteiger partial charge in [0.05, 0.1) is 0 Å². The molecule has 0 unspecified atom stereocenters. The van der Waals surface area contributed by atoms with Crippen LogP contribution in [-0.4, -0.2) is 25.6 Å². The minimum atomic E-state index is -1.11. The van der Waals surface area contributed by atoms with Crippen LogP contribution >= 0.6 is 0 Å². The third-order valence-electron chi connectivity index (χ3n) is 0.970. The molecule has 0 heterocycles. The van der Waals surface area contributed by atoms with Crippen LogP contribution in [0.1, 0.15) is 20.8 Å². The Balaban J connectivity index is 0. The molecular weight excluding hydrogens is 204 g/mol. The average molecular weight is 220 g/mol. The maximum absolute atomic E-state index is 9.49. The van der Waals surface area contributed by atoms with Gasteiger partial charge >= 0.3 is 6.09 Å². The molecule has 8 heteroatoms. The summed E-state index contributed by atoms with van der Waals surface area (Å²) in [5.41, 5.74) is 11.8. The van der Waals surface area contributed by atoms with Crippen molar-refractivity contribution in [2.24, 2.45) is 11.0 Å². The highest BCUT2D eigenvalue weighted by atomic mass is 16.7. The van der Waals surface area contributed by atoms with Crippen molar-refractivity contribution >= 4 is 6.09 Å². The Morgan fingerprint density at radius 3 is 2.13 bits per heavy atom. The summed E-state index contributed by atoms with van der Waals surface area (Å²) < 4.78 is 10.1. The Morgan fingerprint density at radius 2 is 1.93 bits per heavy atom. The molecule has 0 radical (unpaired) electrons. The summed E-state index contributed by atoms with van der Waals surface area (Å²) in [6.07, 6.45) is -1.15. The third kappa shape index (κ3) is 19.1. The van der Waals surface area contributed by atoms with E-state index in [4.69, 9.17) is 15.0 Å². The predicted molar refractivity (Wildman–Crippen MR) is 52.5 cm³/mol. The lowest BCUT2D eigenvalue weighted by molar-refractivity contribution is -0.123. The quantitative estimate of drug-likeness (QED) is 0.249. The van der Waals surface area contributed by atoms with Gasteiger partial charge in [0, 0.05) is 18.1 Å². The van der Waals surface area contributed by atoms with Gasteiger partial charge in [-0.15, -0.1) is 0 Å². The smallest absolute Gasteiger partial charge is 0.353 e. The molecule has 2 N–H and O–H groups in total. The summed E-state index contributed by atoms with van der Waals surface area (Å²) >= 11 is 0. The van der Waals surface area contributed by atoms with Gasteiger partial charge in [0.2, 0.25) is 0 Å². The number of hydrogen-bond donors (Lipinski definition) is 1. The van der Waals surface area contributed by atoms with Crippen LogP contribution in [0.3, 0.4) is 0 Å². The van der Waals surface area contributed by atoms with Crippen molar-refractivity contribution < 1.29 is 19.1 Å². The molecule has 0 bridgehead atoms. The van der Waals surface area contributed by atoms with Crippen molar-refractivity contribution in [2.75, 3.05) is 13.2 Å². The number of nitrogens with two attached hydrogens (primary N) is 1. The van der Waals surface area contributed by atoms with Gasteiger partial charge in [-0.2, -0.15) is 0 Å². The summed E-state index contributed by atoms with van der Waals surface area (Å²) in [7, 11) is 0. The van der Waals surface area contributed by atoms with Gasteiger partial charge in [-0.25, -0.2) is 4.79 Å². The van der Waals surface area contributed by atoms with Crippen LogP contribution in [0.15, 0.2) is 5.28 Å². The molecule has 0 fully saturated rings.